The lowest BCUT2D eigenvalue weighted by Gasteiger charge is -2.21. The summed E-state index contributed by atoms with van der Waals surface area (Å²) in [6.07, 6.45) is 2.87. The van der Waals surface area contributed by atoms with E-state index >= 15 is 0 Å². The van der Waals surface area contributed by atoms with Gasteiger partial charge in [-0.05, 0) is 36.8 Å². The maximum atomic E-state index is 12.9. The lowest BCUT2D eigenvalue weighted by Crippen LogP contribution is -2.30. The van der Waals surface area contributed by atoms with E-state index in [-0.39, 0.29) is 11.5 Å². The zero-order valence-corrected chi connectivity index (χ0v) is 16.0. The van der Waals surface area contributed by atoms with E-state index in [1.165, 1.54) is 18.5 Å². The molecular formula is C23H20N4O2. The number of rotatable bonds is 6. The number of hydrogen-bond acceptors (Lipinski definition) is 4. The Kier molecular flexibility index (Phi) is 6.33. The van der Waals surface area contributed by atoms with Gasteiger partial charge in [0.2, 0.25) is 0 Å². The zero-order valence-electron chi connectivity index (χ0n) is 16.0. The Morgan fingerprint density at radius 2 is 1.79 bits per heavy atom. The fourth-order valence-corrected chi connectivity index (χ4v) is 2.86. The molecule has 144 valence electrons. The second-order valence-corrected chi connectivity index (χ2v) is 6.41. The summed E-state index contributed by atoms with van der Waals surface area (Å²) in [4.78, 5) is 31.2. The van der Waals surface area contributed by atoms with Gasteiger partial charge in [-0.3, -0.25) is 14.6 Å². The maximum Gasteiger partial charge on any atom is 0.257 e. The van der Waals surface area contributed by atoms with Crippen molar-refractivity contribution in [3.63, 3.8) is 0 Å². The molecule has 0 aliphatic carbocycles. The van der Waals surface area contributed by atoms with E-state index in [4.69, 9.17) is 5.26 Å². The Morgan fingerprint density at radius 1 is 1.03 bits per heavy atom. The first-order valence-electron chi connectivity index (χ1n) is 9.20. The number of pyridine rings is 1. The van der Waals surface area contributed by atoms with Gasteiger partial charge in [-0.25, -0.2) is 0 Å². The number of anilines is 1. The number of nitrogens with zero attached hydrogens (tertiary/aromatic N) is 3. The highest BCUT2D eigenvalue weighted by molar-refractivity contribution is 6.05. The van der Waals surface area contributed by atoms with Crippen molar-refractivity contribution in [2.75, 3.05) is 11.9 Å². The molecule has 0 radical (unpaired) electrons. The Morgan fingerprint density at radius 3 is 2.52 bits per heavy atom. The molecule has 3 rings (SSSR count). The fourth-order valence-electron chi connectivity index (χ4n) is 2.86. The molecule has 3 aromatic rings. The summed E-state index contributed by atoms with van der Waals surface area (Å²) >= 11 is 0. The van der Waals surface area contributed by atoms with Gasteiger partial charge >= 0.3 is 0 Å². The van der Waals surface area contributed by atoms with Crippen molar-refractivity contribution in [1.82, 2.24) is 9.88 Å². The van der Waals surface area contributed by atoms with Crippen molar-refractivity contribution < 1.29 is 9.59 Å². The van der Waals surface area contributed by atoms with Gasteiger partial charge in [-0.1, -0.05) is 36.4 Å². The van der Waals surface area contributed by atoms with Gasteiger partial charge in [-0.15, -0.1) is 0 Å². The smallest absolute Gasteiger partial charge is 0.257 e. The van der Waals surface area contributed by atoms with Crippen LogP contribution in [0.3, 0.4) is 0 Å². The number of benzene rings is 2. The molecule has 29 heavy (non-hydrogen) atoms. The lowest BCUT2D eigenvalue weighted by molar-refractivity contribution is 0.0752. The van der Waals surface area contributed by atoms with Crippen LogP contribution in [0.15, 0.2) is 73.1 Å². The molecule has 0 spiro atoms. The van der Waals surface area contributed by atoms with E-state index in [1.54, 1.807) is 29.2 Å². The highest BCUT2D eigenvalue weighted by Gasteiger charge is 2.17. The highest BCUT2D eigenvalue weighted by Crippen LogP contribution is 2.14. The molecule has 0 aliphatic heterocycles. The number of carbonyl (C=O) groups is 2. The second-order valence-electron chi connectivity index (χ2n) is 6.41. The van der Waals surface area contributed by atoms with Crippen LogP contribution in [0.25, 0.3) is 0 Å². The van der Waals surface area contributed by atoms with E-state index in [9.17, 15) is 9.59 Å². The number of amides is 2. The summed E-state index contributed by atoms with van der Waals surface area (Å²) in [7, 11) is 0. The van der Waals surface area contributed by atoms with Crippen molar-refractivity contribution in [2.45, 2.75) is 13.5 Å². The van der Waals surface area contributed by atoms with Crippen molar-refractivity contribution in [3.8, 4) is 6.07 Å². The molecule has 0 saturated carbocycles. The van der Waals surface area contributed by atoms with Gasteiger partial charge in [0.25, 0.3) is 11.8 Å². The molecule has 0 bridgehead atoms. The predicted molar refractivity (Wildman–Crippen MR) is 110 cm³/mol. The minimum Gasteiger partial charge on any atom is -0.335 e. The third-order valence-corrected chi connectivity index (χ3v) is 4.38. The fraction of sp³-hybridized carbons (Fsp3) is 0.130. The van der Waals surface area contributed by atoms with Gasteiger partial charge in [0, 0.05) is 31.2 Å². The van der Waals surface area contributed by atoms with Crippen molar-refractivity contribution in [1.29, 1.82) is 5.26 Å². The van der Waals surface area contributed by atoms with Crippen LogP contribution in [0, 0.1) is 11.3 Å². The predicted octanol–water partition coefficient (Wildman–Crippen LogP) is 3.87. The molecule has 0 saturated heterocycles. The normalized spacial score (nSPS) is 10.1. The summed E-state index contributed by atoms with van der Waals surface area (Å²) < 4.78 is 0. The van der Waals surface area contributed by atoms with E-state index in [2.05, 4.69) is 10.3 Å². The molecule has 1 aromatic heterocycles. The van der Waals surface area contributed by atoms with E-state index in [1.807, 2.05) is 43.3 Å². The maximum absolute atomic E-state index is 12.9. The van der Waals surface area contributed by atoms with Gasteiger partial charge in [0.1, 0.15) is 0 Å². The van der Waals surface area contributed by atoms with Crippen LogP contribution in [0.4, 0.5) is 5.69 Å². The molecule has 0 atom stereocenters. The van der Waals surface area contributed by atoms with Crippen molar-refractivity contribution in [2.24, 2.45) is 0 Å². The van der Waals surface area contributed by atoms with Gasteiger partial charge in [0.15, 0.2) is 0 Å². The Hall–Kier alpha value is -3.98. The number of aromatic nitrogens is 1. The van der Waals surface area contributed by atoms with Crippen molar-refractivity contribution in [3.05, 3.63) is 95.3 Å². The number of carbonyl (C=O) groups excluding carboxylic acids is 2. The minimum atomic E-state index is -0.395. The molecule has 6 heteroatoms. The average Bonchev–Trinajstić information content (AvgIpc) is 2.78. The van der Waals surface area contributed by atoms with Crippen LogP contribution in [-0.4, -0.2) is 28.2 Å². The first-order chi connectivity index (χ1) is 14.1. The third kappa shape index (κ3) is 5.05. The molecule has 6 nitrogen and oxygen atoms in total. The second kappa shape index (κ2) is 9.29. The Labute approximate surface area is 169 Å². The first kappa shape index (κ1) is 19.8. The van der Waals surface area contributed by atoms with Gasteiger partial charge < -0.3 is 10.2 Å². The molecular weight excluding hydrogens is 364 g/mol. The average molecular weight is 384 g/mol. The molecule has 1 N–H and O–H groups in total. The zero-order chi connectivity index (χ0) is 20.6. The Bertz CT molecular complexity index is 1060. The molecule has 2 amide bonds. The molecule has 0 aliphatic rings. The molecule has 0 fully saturated rings. The topological polar surface area (TPSA) is 86.1 Å². The van der Waals surface area contributed by atoms with Crippen LogP contribution in [0.2, 0.25) is 0 Å². The van der Waals surface area contributed by atoms with Crippen LogP contribution in [-0.2, 0) is 6.54 Å². The number of nitrogens with one attached hydrogen (secondary N) is 1. The summed E-state index contributed by atoms with van der Waals surface area (Å²) in [5, 5.41) is 11.7. The number of hydrogen-bond donors (Lipinski definition) is 1. The van der Waals surface area contributed by atoms with E-state index in [0.717, 1.165) is 5.56 Å². The van der Waals surface area contributed by atoms with Crippen LogP contribution < -0.4 is 5.32 Å². The summed E-state index contributed by atoms with van der Waals surface area (Å²) in [6, 6.07) is 19.9. The summed E-state index contributed by atoms with van der Waals surface area (Å²) in [5.74, 6) is -0.585. The first-order valence-corrected chi connectivity index (χ1v) is 9.20. The van der Waals surface area contributed by atoms with Crippen LogP contribution in [0.5, 0.6) is 0 Å². The minimum absolute atomic E-state index is 0.190. The molecule has 0 unspecified atom stereocenters. The monoisotopic (exact) mass is 384 g/mol. The van der Waals surface area contributed by atoms with Crippen LogP contribution in [0.1, 0.15) is 38.8 Å². The largest absolute Gasteiger partial charge is 0.335 e. The Balaban J connectivity index is 1.76. The van der Waals surface area contributed by atoms with Gasteiger partial charge in [0.05, 0.1) is 22.8 Å². The SMILES string of the molecule is CCN(Cc1ccccc1)C(=O)c1cncc(C(=O)Nc2cccc(C#N)c2)c1. The van der Waals surface area contributed by atoms with Crippen molar-refractivity contribution >= 4 is 17.5 Å². The standard InChI is InChI=1S/C23H20N4O2/c1-2-27(16-17-7-4-3-5-8-17)23(29)20-12-19(14-25-15-20)22(28)26-21-10-6-9-18(11-21)13-24/h3-12,14-15H,2,16H2,1H3,(H,26,28). The summed E-state index contributed by atoms with van der Waals surface area (Å²) in [5.41, 5.74) is 2.60. The quantitative estimate of drug-likeness (QED) is 0.699. The third-order valence-electron chi connectivity index (χ3n) is 4.38. The van der Waals surface area contributed by atoms with E-state index in [0.29, 0.717) is 29.9 Å². The summed E-state index contributed by atoms with van der Waals surface area (Å²) in [6.45, 7) is 2.92. The molecule has 2 aromatic carbocycles. The number of nitriles is 1. The molecule has 1 heterocycles. The van der Waals surface area contributed by atoms with Gasteiger partial charge in [-0.2, -0.15) is 5.26 Å². The lowest BCUT2D eigenvalue weighted by atomic mass is 10.1. The highest BCUT2D eigenvalue weighted by atomic mass is 16.2. The van der Waals surface area contributed by atoms with Crippen LogP contribution >= 0.6 is 0 Å². The van der Waals surface area contributed by atoms with E-state index < -0.39 is 5.91 Å².